The van der Waals surface area contributed by atoms with Crippen molar-refractivity contribution in [3.63, 3.8) is 0 Å². The van der Waals surface area contributed by atoms with E-state index in [4.69, 9.17) is 5.73 Å². The minimum Gasteiger partial charge on any atom is -0.325 e. The van der Waals surface area contributed by atoms with Crippen LogP contribution in [0, 0.1) is 11.8 Å². The summed E-state index contributed by atoms with van der Waals surface area (Å²) in [7, 11) is 0. The fraction of sp³-hybridized carbons (Fsp3) is 1.00. The van der Waals surface area contributed by atoms with Crippen molar-refractivity contribution in [3.05, 3.63) is 0 Å². The first kappa shape index (κ1) is 13.0. The molecule has 0 aromatic heterocycles. The lowest BCUT2D eigenvalue weighted by Gasteiger charge is -2.37. The summed E-state index contributed by atoms with van der Waals surface area (Å²) in [5.74, 6) is 1.80. The highest BCUT2D eigenvalue weighted by Crippen LogP contribution is 2.35. The molecule has 1 heteroatoms. The average Bonchev–Trinajstić information content (AvgIpc) is 2.18. The van der Waals surface area contributed by atoms with Crippen LogP contribution in [0.5, 0.6) is 0 Å². The smallest absolute Gasteiger partial charge is 0.0154 e. The molecule has 0 saturated heterocycles. The molecule has 0 heterocycles. The first-order valence-corrected chi connectivity index (χ1v) is 6.84. The summed E-state index contributed by atoms with van der Waals surface area (Å²) in [6.45, 7) is 6.92. The Morgan fingerprint density at radius 1 is 1.27 bits per heavy atom. The maximum Gasteiger partial charge on any atom is 0.0154 e. The molecular weight excluding hydrogens is 182 g/mol. The van der Waals surface area contributed by atoms with Gasteiger partial charge in [0.05, 0.1) is 0 Å². The van der Waals surface area contributed by atoms with Crippen LogP contribution in [-0.2, 0) is 0 Å². The average molecular weight is 211 g/mol. The molecule has 0 amide bonds. The Bertz CT molecular complexity index is 166. The van der Waals surface area contributed by atoms with Gasteiger partial charge in [-0.2, -0.15) is 0 Å². The summed E-state index contributed by atoms with van der Waals surface area (Å²) >= 11 is 0. The quantitative estimate of drug-likeness (QED) is 0.727. The second-order valence-corrected chi connectivity index (χ2v) is 6.00. The van der Waals surface area contributed by atoms with Gasteiger partial charge in [-0.05, 0) is 43.9 Å². The fourth-order valence-electron chi connectivity index (χ4n) is 2.77. The third-order valence-electron chi connectivity index (χ3n) is 4.13. The van der Waals surface area contributed by atoms with Gasteiger partial charge in [-0.1, -0.05) is 40.0 Å². The molecule has 0 atom stereocenters. The highest BCUT2D eigenvalue weighted by Gasteiger charge is 2.30. The van der Waals surface area contributed by atoms with Gasteiger partial charge in [0.2, 0.25) is 0 Å². The SMILES string of the molecule is CCC1CCC(N)(CCCC(C)C)CC1. The van der Waals surface area contributed by atoms with Crippen LogP contribution >= 0.6 is 0 Å². The predicted octanol–water partition coefficient (Wildman–Crippen LogP) is 4.11. The summed E-state index contributed by atoms with van der Waals surface area (Å²) in [5, 5.41) is 0. The molecule has 0 bridgehead atoms. The molecule has 0 spiro atoms. The lowest BCUT2D eigenvalue weighted by Crippen LogP contribution is -2.43. The molecule has 0 unspecified atom stereocenters. The molecule has 1 aliphatic rings. The monoisotopic (exact) mass is 211 g/mol. The standard InChI is InChI=1S/C14H29N/c1-4-13-7-10-14(15,11-8-13)9-5-6-12(2)3/h12-13H,4-11,15H2,1-3H3. The molecule has 0 aromatic rings. The number of hydrogen-bond donors (Lipinski definition) is 1. The minimum atomic E-state index is 0.195. The Hall–Kier alpha value is -0.0400. The first-order chi connectivity index (χ1) is 7.06. The Kier molecular flexibility index (Phi) is 5.11. The van der Waals surface area contributed by atoms with E-state index in [1.54, 1.807) is 0 Å². The molecular formula is C14H29N. The Morgan fingerprint density at radius 2 is 1.87 bits per heavy atom. The second kappa shape index (κ2) is 5.89. The Labute approximate surface area is 95.8 Å². The van der Waals surface area contributed by atoms with Crippen LogP contribution in [0.25, 0.3) is 0 Å². The number of rotatable bonds is 5. The van der Waals surface area contributed by atoms with Crippen LogP contribution in [0.4, 0.5) is 0 Å². The van der Waals surface area contributed by atoms with Crippen molar-refractivity contribution in [2.24, 2.45) is 17.6 Å². The topological polar surface area (TPSA) is 26.0 Å². The Balaban J connectivity index is 2.22. The van der Waals surface area contributed by atoms with Gasteiger partial charge < -0.3 is 5.73 Å². The van der Waals surface area contributed by atoms with Crippen LogP contribution in [0.3, 0.4) is 0 Å². The Morgan fingerprint density at radius 3 is 2.33 bits per heavy atom. The maximum absolute atomic E-state index is 6.46. The summed E-state index contributed by atoms with van der Waals surface area (Å²) < 4.78 is 0. The number of hydrogen-bond acceptors (Lipinski definition) is 1. The van der Waals surface area contributed by atoms with Gasteiger partial charge in [0.25, 0.3) is 0 Å². The van der Waals surface area contributed by atoms with E-state index in [1.165, 1.54) is 51.4 Å². The van der Waals surface area contributed by atoms with Crippen LogP contribution in [0.2, 0.25) is 0 Å². The van der Waals surface area contributed by atoms with Gasteiger partial charge in [-0.15, -0.1) is 0 Å². The maximum atomic E-state index is 6.46. The van der Waals surface area contributed by atoms with E-state index in [9.17, 15) is 0 Å². The lowest BCUT2D eigenvalue weighted by molar-refractivity contribution is 0.211. The molecule has 1 saturated carbocycles. The van der Waals surface area contributed by atoms with Crippen molar-refractivity contribution < 1.29 is 0 Å². The summed E-state index contributed by atoms with van der Waals surface area (Å²) in [6.07, 6.45) is 10.5. The third-order valence-corrected chi connectivity index (χ3v) is 4.13. The molecule has 1 fully saturated rings. The van der Waals surface area contributed by atoms with Crippen molar-refractivity contribution in [2.75, 3.05) is 0 Å². The summed E-state index contributed by atoms with van der Waals surface area (Å²) in [5.41, 5.74) is 6.66. The van der Waals surface area contributed by atoms with E-state index in [2.05, 4.69) is 20.8 Å². The van der Waals surface area contributed by atoms with Crippen molar-refractivity contribution >= 4 is 0 Å². The van der Waals surface area contributed by atoms with Crippen molar-refractivity contribution in [2.45, 2.75) is 77.7 Å². The summed E-state index contributed by atoms with van der Waals surface area (Å²) in [4.78, 5) is 0. The zero-order valence-corrected chi connectivity index (χ0v) is 10.9. The molecule has 90 valence electrons. The van der Waals surface area contributed by atoms with Crippen LogP contribution in [0.15, 0.2) is 0 Å². The first-order valence-electron chi connectivity index (χ1n) is 6.84. The van der Waals surface area contributed by atoms with Gasteiger partial charge in [-0.25, -0.2) is 0 Å². The van der Waals surface area contributed by atoms with Crippen molar-refractivity contribution in [1.29, 1.82) is 0 Å². The minimum absolute atomic E-state index is 0.195. The fourth-order valence-corrected chi connectivity index (χ4v) is 2.77. The molecule has 1 nitrogen and oxygen atoms in total. The normalized spacial score (nSPS) is 32.2. The highest BCUT2D eigenvalue weighted by molar-refractivity contribution is 4.89. The van der Waals surface area contributed by atoms with E-state index >= 15 is 0 Å². The van der Waals surface area contributed by atoms with Crippen molar-refractivity contribution in [1.82, 2.24) is 0 Å². The molecule has 1 rings (SSSR count). The van der Waals surface area contributed by atoms with Crippen molar-refractivity contribution in [3.8, 4) is 0 Å². The van der Waals surface area contributed by atoms with Gasteiger partial charge in [-0.3, -0.25) is 0 Å². The second-order valence-electron chi connectivity index (χ2n) is 6.00. The van der Waals surface area contributed by atoms with E-state index in [-0.39, 0.29) is 5.54 Å². The molecule has 2 N–H and O–H groups in total. The molecule has 1 aliphatic carbocycles. The van der Waals surface area contributed by atoms with Crippen LogP contribution in [0.1, 0.15) is 72.1 Å². The van der Waals surface area contributed by atoms with E-state index in [0.717, 1.165) is 11.8 Å². The zero-order chi connectivity index (χ0) is 11.3. The van der Waals surface area contributed by atoms with Gasteiger partial charge in [0.1, 0.15) is 0 Å². The number of nitrogens with two attached hydrogens (primary N) is 1. The van der Waals surface area contributed by atoms with Crippen LogP contribution in [-0.4, -0.2) is 5.54 Å². The third kappa shape index (κ3) is 4.55. The van der Waals surface area contributed by atoms with Gasteiger partial charge in [0.15, 0.2) is 0 Å². The molecule has 0 aromatic carbocycles. The van der Waals surface area contributed by atoms with E-state index in [1.807, 2.05) is 0 Å². The molecule has 15 heavy (non-hydrogen) atoms. The largest absolute Gasteiger partial charge is 0.325 e. The summed E-state index contributed by atoms with van der Waals surface area (Å²) in [6, 6.07) is 0. The highest BCUT2D eigenvalue weighted by atomic mass is 14.7. The van der Waals surface area contributed by atoms with E-state index < -0.39 is 0 Å². The van der Waals surface area contributed by atoms with E-state index in [0.29, 0.717) is 0 Å². The molecule has 0 aliphatic heterocycles. The van der Waals surface area contributed by atoms with Gasteiger partial charge >= 0.3 is 0 Å². The molecule has 0 radical (unpaired) electrons. The van der Waals surface area contributed by atoms with Crippen LogP contribution < -0.4 is 5.73 Å². The lowest BCUT2D eigenvalue weighted by atomic mass is 9.74. The predicted molar refractivity (Wildman–Crippen MR) is 67.9 cm³/mol. The van der Waals surface area contributed by atoms with Gasteiger partial charge in [0, 0.05) is 5.54 Å². The zero-order valence-electron chi connectivity index (χ0n) is 10.9.